The number of hydrogen-bond acceptors (Lipinski definition) is 8. The molecule has 1 aromatic heterocycles. The molecule has 0 bridgehead atoms. The number of ether oxygens (including phenoxy) is 2. The summed E-state index contributed by atoms with van der Waals surface area (Å²) in [6.45, 7) is 21.3. The van der Waals surface area contributed by atoms with Crippen LogP contribution < -0.4 is 26.7 Å². The molecule has 0 aliphatic rings. The molecule has 0 atom stereocenters. The van der Waals surface area contributed by atoms with Gasteiger partial charge in [-0.1, -0.05) is 0 Å². The minimum absolute atomic E-state index is 0.0151. The molecule has 0 aliphatic heterocycles. The van der Waals surface area contributed by atoms with Gasteiger partial charge in [0.25, 0.3) is 0 Å². The van der Waals surface area contributed by atoms with Crippen molar-refractivity contribution in [2.75, 3.05) is 46.3 Å². The van der Waals surface area contributed by atoms with E-state index in [4.69, 9.17) is 25.4 Å². The number of hydrogen-bond donors (Lipinski definition) is 3. The first kappa shape index (κ1) is 73.3. The third-order valence-corrected chi connectivity index (χ3v) is 19.2. The van der Waals surface area contributed by atoms with Crippen molar-refractivity contribution in [3.63, 3.8) is 0 Å². The molecule has 3 N–H and O–H groups in total. The van der Waals surface area contributed by atoms with Crippen molar-refractivity contribution in [3.05, 3.63) is 215 Å². The van der Waals surface area contributed by atoms with Crippen LogP contribution in [0.25, 0.3) is 32.7 Å². The monoisotopic (exact) mass is 1820 g/mol. The van der Waals surface area contributed by atoms with Gasteiger partial charge in [-0.2, -0.15) is 0 Å². The first-order valence-electron chi connectivity index (χ1n) is 27.4. The summed E-state index contributed by atoms with van der Waals surface area (Å²) in [5, 5.41) is 30.4. The molecular formula is C70H85N5O3Te6. The van der Waals surface area contributed by atoms with Gasteiger partial charge in [0.2, 0.25) is 0 Å². The van der Waals surface area contributed by atoms with Crippen molar-refractivity contribution in [3.8, 4) is 11.1 Å². The summed E-state index contributed by atoms with van der Waals surface area (Å²) in [4.78, 5) is 8.46. The fourth-order valence-electron chi connectivity index (χ4n) is 8.16. The molecule has 0 fully saturated rings. The molecule has 0 aliphatic carbocycles. The van der Waals surface area contributed by atoms with Crippen molar-refractivity contribution >= 4 is 195 Å². The molecule has 1 heterocycles. The molecule has 0 unspecified atom stereocenters. The van der Waals surface area contributed by atoms with Crippen LogP contribution in [0.1, 0.15) is 80.5 Å². The molecule has 0 radical (unpaired) electrons. The Bertz CT molecular complexity index is 3530. The Morgan fingerprint density at radius 1 is 0.524 bits per heavy atom. The molecule has 444 valence electrons. The Hall–Kier alpha value is -3.17. The Morgan fingerprint density at radius 2 is 1.02 bits per heavy atom. The van der Waals surface area contributed by atoms with Crippen molar-refractivity contribution in [2.45, 2.75) is 75.5 Å². The molecule has 0 saturated carbocycles. The number of aromatic nitrogens is 1. The van der Waals surface area contributed by atoms with Crippen molar-refractivity contribution in [1.82, 2.24) is 9.88 Å². The van der Waals surface area contributed by atoms with Crippen molar-refractivity contribution in [2.24, 2.45) is 10.8 Å². The van der Waals surface area contributed by atoms with E-state index in [1.54, 1.807) is 134 Å². The minimum atomic E-state index is 0.0151. The van der Waals surface area contributed by atoms with E-state index in [2.05, 4.69) is 221 Å². The van der Waals surface area contributed by atoms with E-state index < -0.39 is 0 Å². The summed E-state index contributed by atoms with van der Waals surface area (Å²) in [5.41, 5.74) is 11.7. The van der Waals surface area contributed by atoms with Gasteiger partial charge in [0, 0.05) is 0 Å². The van der Waals surface area contributed by atoms with Gasteiger partial charge in [-0.15, -0.1) is 0 Å². The number of nitrogens with zero attached hydrogens (tertiary/aromatic N) is 3. The average molecular weight is 1810 g/mol. The van der Waals surface area contributed by atoms with Crippen LogP contribution in [-0.2, 0) is 22.6 Å². The van der Waals surface area contributed by atoms with E-state index in [1.165, 1.54) is 64.1 Å². The molecular weight excluding hydrogens is 1720 g/mol. The average Bonchev–Trinajstić information content (AvgIpc) is 2.94. The molecule has 8 nitrogen and oxygen atoms in total. The number of aliphatic hydroxyl groups is 1. The van der Waals surface area contributed by atoms with Gasteiger partial charge in [0.15, 0.2) is 0 Å². The first-order valence-corrected chi connectivity index (χ1v) is 35.1. The molecule has 84 heavy (non-hydrogen) atoms. The molecule has 0 saturated heterocycles. The number of fused-ring (bicyclic) bond motifs is 2. The molecule has 0 amide bonds. The number of aliphatic hydroxyl groups excluding tert-OH is 1. The number of benzene rings is 8. The molecule has 8 aromatic carbocycles. The first-order chi connectivity index (χ1) is 39.6. The van der Waals surface area contributed by atoms with E-state index in [0.29, 0.717) is 13.2 Å². The van der Waals surface area contributed by atoms with Crippen LogP contribution in [0.3, 0.4) is 0 Å². The zero-order valence-corrected chi connectivity index (χ0v) is 66.2. The van der Waals surface area contributed by atoms with Crippen LogP contribution in [0.2, 0.25) is 0 Å². The van der Waals surface area contributed by atoms with E-state index in [-0.39, 0.29) is 29.2 Å². The van der Waals surface area contributed by atoms with Crippen LogP contribution in [0.4, 0.5) is 5.69 Å². The van der Waals surface area contributed by atoms with Crippen molar-refractivity contribution < 1.29 is 14.6 Å². The second-order valence-corrected chi connectivity index (χ2v) is 31.0. The summed E-state index contributed by atoms with van der Waals surface area (Å²) in [7, 11) is 8.37. The predicted octanol–water partition coefficient (Wildman–Crippen LogP) is 7.97. The summed E-state index contributed by atoms with van der Waals surface area (Å²) >= 11 is 10.1. The topological polar surface area (TPSA) is 106 Å². The summed E-state index contributed by atoms with van der Waals surface area (Å²) in [6.07, 6.45) is 1.82. The fraction of sp³-hybridized carbons (Fsp3) is 0.271. The maximum absolute atomic E-state index is 8.73. The van der Waals surface area contributed by atoms with Crippen molar-refractivity contribution in [1.29, 1.82) is 10.8 Å². The van der Waals surface area contributed by atoms with Crippen LogP contribution in [-0.4, -0.2) is 202 Å². The molecule has 9 rings (SSSR count). The standard InChI is InChI=1S/C24H27NOTe.C12H17NOTe.C12H13NTe.C9H13NTe.C7H8OTe.C6H7NTe/c1-15-10-16(2)12-18(11-15)21-19-9-7-6-8-17(19)13-20(27)22(21)23(25)26-14-24(3,4)5;1-12(2,3)8-14-11(13)9-6-4-5-7-10(9)15;1-13(2)10-7-3-5-9-6-4-8-11(14)12(9)10;1-10(2)7-8-5-3-4-6-9(8)11;8-5-6-3-1-2-4-7(6)9;1-5-3-2-4-7-6(5)8/h6-13,25,27H,14H2,1-5H3;4-7,13,15H,8H2,1-3H3;3-8,14H,1-2H3;3-6,11H,7H2,1-2H3;1-4,8-9H,5H2;2-4H,1H3,(H,7,8). The Morgan fingerprint density at radius 3 is 1.52 bits per heavy atom. The van der Waals surface area contributed by atoms with E-state index in [0.717, 1.165) is 41.6 Å². The van der Waals surface area contributed by atoms with E-state index >= 15 is 0 Å². The number of aryl methyl sites for hydroxylation is 3. The molecule has 0 spiro atoms. The van der Waals surface area contributed by atoms with Gasteiger partial charge in [-0.05, 0) is 0 Å². The second-order valence-electron chi connectivity index (χ2n) is 23.0. The number of pyridine rings is 1. The molecule has 14 heteroatoms. The quantitative estimate of drug-likeness (QED) is 0.0771. The van der Waals surface area contributed by atoms with Gasteiger partial charge >= 0.3 is 589 Å². The van der Waals surface area contributed by atoms with Gasteiger partial charge in [0.1, 0.15) is 0 Å². The number of anilines is 1. The van der Waals surface area contributed by atoms with E-state index in [9.17, 15) is 0 Å². The van der Waals surface area contributed by atoms with Gasteiger partial charge < -0.3 is 0 Å². The summed E-state index contributed by atoms with van der Waals surface area (Å²) in [5.74, 6) is 0.544. The third kappa shape index (κ3) is 25.1. The SMILES string of the molecule is CC(C)(C)COC(=N)c1ccccc1[TeH].CN(C)Cc1ccccc1[TeH].CN(C)c1cccc2cccc([TeH])c12.Cc1cc(C)cc(-c2c(C(=N)OCC(C)(C)C)c([TeH])cc3ccccc23)c1.Cc1cccnc1[TeH].OCc1ccccc1[TeH]. The summed E-state index contributed by atoms with van der Waals surface area (Å²) < 4.78 is 18.8. The zero-order chi connectivity index (χ0) is 62.3. The predicted molar refractivity (Wildman–Crippen MR) is 374 cm³/mol. The van der Waals surface area contributed by atoms with Crippen LogP contribution in [0.15, 0.2) is 176 Å². The number of nitrogens with one attached hydrogen (secondary N) is 2. The van der Waals surface area contributed by atoms with Crippen LogP contribution in [0, 0.1) is 42.4 Å². The summed E-state index contributed by atoms with van der Waals surface area (Å²) in [6, 6.07) is 58.4. The van der Waals surface area contributed by atoms with Crippen LogP contribution >= 0.6 is 0 Å². The Labute approximate surface area is 581 Å². The fourth-order valence-corrected chi connectivity index (χ4v) is 12.6. The van der Waals surface area contributed by atoms with Crippen LogP contribution in [0.5, 0.6) is 0 Å². The normalized spacial score (nSPS) is 10.8. The van der Waals surface area contributed by atoms with E-state index in [1.807, 2.05) is 60.8 Å². The third-order valence-electron chi connectivity index (χ3n) is 12.2. The zero-order valence-electron chi connectivity index (χ0n) is 50.9. The maximum atomic E-state index is 8.73. The van der Waals surface area contributed by atoms with Gasteiger partial charge in [0.05, 0.1) is 0 Å². The van der Waals surface area contributed by atoms with Gasteiger partial charge in [-0.25, -0.2) is 0 Å². The molecule has 9 aromatic rings. The number of rotatable bonds is 9. The van der Waals surface area contributed by atoms with Gasteiger partial charge in [-0.3, -0.25) is 0 Å². The Balaban J connectivity index is 0.000000229. The second kappa shape index (κ2) is 36.3. The Kier molecular flexibility index (Phi) is 31.7.